The van der Waals surface area contributed by atoms with Crippen LogP contribution in [0.3, 0.4) is 0 Å². The summed E-state index contributed by atoms with van der Waals surface area (Å²) in [6.45, 7) is 0.638. The van der Waals surface area contributed by atoms with E-state index in [4.69, 9.17) is 27.9 Å². The molecule has 0 aliphatic carbocycles. The van der Waals surface area contributed by atoms with Crippen molar-refractivity contribution >= 4 is 35.1 Å². The predicted octanol–water partition coefficient (Wildman–Crippen LogP) is 2.29. The first kappa shape index (κ1) is 16.1. The normalized spacial score (nSPS) is 17.2. The summed E-state index contributed by atoms with van der Waals surface area (Å²) in [5.74, 6) is -1.40. The van der Waals surface area contributed by atoms with Gasteiger partial charge in [-0.3, -0.25) is 4.79 Å². The summed E-state index contributed by atoms with van der Waals surface area (Å²) in [6.07, 6.45) is 0.567. The van der Waals surface area contributed by atoms with Gasteiger partial charge in [-0.25, -0.2) is 4.79 Å². The van der Waals surface area contributed by atoms with E-state index >= 15 is 0 Å². The Labute approximate surface area is 132 Å². The second-order valence-corrected chi connectivity index (χ2v) is 5.79. The third kappa shape index (κ3) is 3.87. The Kier molecular flexibility index (Phi) is 5.08. The average molecular weight is 332 g/mol. The van der Waals surface area contributed by atoms with Crippen molar-refractivity contribution < 1.29 is 19.4 Å². The fourth-order valence-corrected chi connectivity index (χ4v) is 2.58. The van der Waals surface area contributed by atoms with Crippen molar-refractivity contribution in [1.29, 1.82) is 0 Å². The molecule has 0 saturated carbocycles. The summed E-state index contributed by atoms with van der Waals surface area (Å²) in [6, 6.07) is 4.89. The molecule has 0 bridgehead atoms. The maximum absolute atomic E-state index is 12.1. The van der Waals surface area contributed by atoms with Crippen LogP contribution in [0.5, 0.6) is 0 Å². The van der Waals surface area contributed by atoms with Gasteiger partial charge < -0.3 is 15.2 Å². The number of halogens is 2. The molecule has 1 aliphatic rings. The highest BCUT2D eigenvalue weighted by molar-refractivity contribution is 6.42. The standard InChI is InChI=1S/C14H15Cl2NO4/c15-10-2-1-9(7-11(10)16)8-12(18)17-14(13(19)20)3-5-21-6-4-14/h1-2,7H,3-6,8H2,(H,17,18)(H,19,20). The Morgan fingerprint density at radius 2 is 1.90 bits per heavy atom. The lowest BCUT2D eigenvalue weighted by Crippen LogP contribution is -2.57. The fourth-order valence-electron chi connectivity index (χ4n) is 2.26. The van der Waals surface area contributed by atoms with E-state index in [0.29, 0.717) is 28.8 Å². The number of carbonyl (C=O) groups excluding carboxylic acids is 1. The van der Waals surface area contributed by atoms with Gasteiger partial charge in [0.05, 0.1) is 16.5 Å². The van der Waals surface area contributed by atoms with Crippen molar-refractivity contribution in [2.24, 2.45) is 0 Å². The van der Waals surface area contributed by atoms with Crippen LogP contribution in [0, 0.1) is 0 Å². The van der Waals surface area contributed by atoms with E-state index in [1.165, 1.54) is 0 Å². The SMILES string of the molecule is O=C(Cc1ccc(Cl)c(Cl)c1)NC1(C(=O)O)CCOCC1. The minimum absolute atomic E-state index is 0.0484. The van der Waals surface area contributed by atoms with E-state index < -0.39 is 11.5 Å². The number of ether oxygens (including phenoxy) is 1. The van der Waals surface area contributed by atoms with Gasteiger partial charge in [-0.1, -0.05) is 29.3 Å². The third-order valence-corrected chi connectivity index (χ3v) is 4.22. The van der Waals surface area contributed by atoms with Gasteiger partial charge in [0.2, 0.25) is 5.91 Å². The minimum atomic E-state index is -1.24. The summed E-state index contributed by atoms with van der Waals surface area (Å²) >= 11 is 11.7. The van der Waals surface area contributed by atoms with Crippen LogP contribution in [0.2, 0.25) is 10.0 Å². The Bertz CT molecular complexity index is 556. The molecular weight excluding hydrogens is 317 g/mol. The summed E-state index contributed by atoms with van der Waals surface area (Å²) in [5, 5.41) is 12.8. The summed E-state index contributed by atoms with van der Waals surface area (Å²) < 4.78 is 5.16. The van der Waals surface area contributed by atoms with Gasteiger partial charge in [-0.2, -0.15) is 0 Å². The third-order valence-electron chi connectivity index (χ3n) is 3.48. The highest BCUT2D eigenvalue weighted by atomic mass is 35.5. The molecule has 1 saturated heterocycles. The zero-order valence-corrected chi connectivity index (χ0v) is 12.7. The number of hydrogen-bond donors (Lipinski definition) is 2. The first-order valence-corrected chi connectivity index (χ1v) is 7.25. The summed E-state index contributed by atoms with van der Waals surface area (Å²) in [4.78, 5) is 23.5. The van der Waals surface area contributed by atoms with E-state index in [0.717, 1.165) is 0 Å². The topological polar surface area (TPSA) is 75.6 Å². The highest BCUT2D eigenvalue weighted by Gasteiger charge is 2.41. The molecule has 114 valence electrons. The van der Waals surface area contributed by atoms with Crippen molar-refractivity contribution in [2.45, 2.75) is 24.8 Å². The second-order valence-electron chi connectivity index (χ2n) is 4.97. The number of carboxylic acids is 1. The number of nitrogens with one attached hydrogen (secondary N) is 1. The van der Waals surface area contributed by atoms with Crippen LogP contribution in [-0.2, 0) is 20.7 Å². The van der Waals surface area contributed by atoms with Crippen molar-refractivity contribution in [1.82, 2.24) is 5.32 Å². The van der Waals surface area contributed by atoms with Crippen molar-refractivity contribution in [2.75, 3.05) is 13.2 Å². The Morgan fingerprint density at radius 3 is 2.48 bits per heavy atom. The maximum atomic E-state index is 12.1. The number of carbonyl (C=O) groups is 2. The molecule has 0 unspecified atom stereocenters. The first-order valence-electron chi connectivity index (χ1n) is 6.49. The van der Waals surface area contributed by atoms with Gasteiger partial charge in [-0.05, 0) is 17.7 Å². The molecule has 21 heavy (non-hydrogen) atoms. The molecule has 1 fully saturated rings. The Morgan fingerprint density at radius 1 is 1.24 bits per heavy atom. The molecule has 7 heteroatoms. The van der Waals surface area contributed by atoms with Crippen LogP contribution in [-0.4, -0.2) is 35.7 Å². The van der Waals surface area contributed by atoms with Crippen molar-refractivity contribution in [3.8, 4) is 0 Å². The molecule has 2 rings (SSSR count). The van der Waals surface area contributed by atoms with E-state index in [1.807, 2.05) is 0 Å². The van der Waals surface area contributed by atoms with Gasteiger partial charge in [0.15, 0.2) is 0 Å². The number of aliphatic carboxylic acids is 1. The van der Waals surface area contributed by atoms with E-state index in [1.54, 1.807) is 18.2 Å². The largest absolute Gasteiger partial charge is 0.480 e. The summed E-state index contributed by atoms with van der Waals surface area (Å²) in [5.41, 5.74) is -0.569. The van der Waals surface area contributed by atoms with Gasteiger partial charge in [0.25, 0.3) is 0 Å². The van der Waals surface area contributed by atoms with Crippen LogP contribution < -0.4 is 5.32 Å². The van der Waals surface area contributed by atoms with Crippen LogP contribution in [0.15, 0.2) is 18.2 Å². The fraction of sp³-hybridized carbons (Fsp3) is 0.429. The lowest BCUT2D eigenvalue weighted by atomic mass is 9.90. The minimum Gasteiger partial charge on any atom is -0.480 e. The Balaban J connectivity index is 2.05. The Hall–Kier alpha value is -1.30. The number of amides is 1. The van der Waals surface area contributed by atoms with E-state index in [9.17, 15) is 14.7 Å². The predicted molar refractivity (Wildman–Crippen MR) is 78.7 cm³/mol. The number of benzene rings is 1. The molecule has 0 spiro atoms. The smallest absolute Gasteiger partial charge is 0.329 e. The van der Waals surface area contributed by atoms with Crippen LogP contribution >= 0.6 is 23.2 Å². The quantitative estimate of drug-likeness (QED) is 0.887. The molecular formula is C14H15Cl2NO4. The molecule has 1 heterocycles. The van der Waals surface area contributed by atoms with Crippen LogP contribution in [0.4, 0.5) is 0 Å². The molecule has 0 atom stereocenters. The lowest BCUT2D eigenvalue weighted by molar-refractivity contribution is -0.152. The summed E-state index contributed by atoms with van der Waals surface area (Å²) in [7, 11) is 0. The number of carboxylic acid groups (broad SMARTS) is 1. The average Bonchev–Trinajstić information content (AvgIpc) is 2.43. The number of rotatable bonds is 4. The van der Waals surface area contributed by atoms with Gasteiger partial charge in [0, 0.05) is 26.1 Å². The zero-order chi connectivity index (χ0) is 15.5. The first-order chi connectivity index (χ1) is 9.93. The zero-order valence-electron chi connectivity index (χ0n) is 11.2. The van der Waals surface area contributed by atoms with Crippen LogP contribution in [0.25, 0.3) is 0 Å². The van der Waals surface area contributed by atoms with E-state index in [2.05, 4.69) is 5.32 Å². The van der Waals surface area contributed by atoms with Crippen LogP contribution in [0.1, 0.15) is 18.4 Å². The molecule has 1 aromatic carbocycles. The molecule has 0 aromatic heterocycles. The lowest BCUT2D eigenvalue weighted by Gasteiger charge is -2.33. The molecule has 5 nitrogen and oxygen atoms in total. The van der Waals surface area contributed by atoms with E-state index in [-0.39, 0.29) is 25.2 Å². The molecule has 1 aliphatic heterocycles. The molecule has 1 aromatic rings. The van der Waals surface area contributed by atoms with Crippen molar-refractivity contribution in [3.05, 3.63) is 33.8 Å². The van der Waals surface area contributed by atoms with Gasteiger partial charge >= 0.3 is 5.97 Å². The number of hydrogen-bond acceptors (Lipinski definition) is 3. The molecule has 0 radical (unpaired) electrons. The molecule has 2 N–H and O–H groups in total. The van der Waals surface area contributed by atoms with Crippen molar-refractivity contribution in [3.63, 3.8) is 0 Å². The monoisotopic (exact) mass is 331 g/mol. The second kappa shape index (κ2) is 6.64. The molecule has 1 amide bonds. The highest BCUT2D eigenvalue weighted by Crippen LogP contribution is 2.24. The maximum Gasteiger partial charge on any atom is 0.329 e. The van der Waals surface area contributed by atoms with Gasteiger partial charge in [-0.15, -0.1) is 0 Å². The van der Waals surface area contributed by atoms with Gasteiger partial charge in [0.1, 0.15) is 5.54 Å².